The van der Waals surface area contributed by atoms with Gasteiger partial charge in [0, 0.05) is 6.54 Å². The van der Waals surface area contributed by atoms with Crippen molar-refractivity contribution in [1.82, 2.24) is 19.5 Å². The summed E-state index contributed by atoms with van der Waals surface area (Å²) in [5, 5.41) is 7.68. The first-order chi connectivity index (χ1) is 8.84. The van der Waals surface area contributed by atoms with Gasteiger partial charge in [-0.1, -0.05) is 30.3 Å². The molecule has 0 fully saturated rings. The zero-order valence-corrected chi connectivity index (χ0v) is 9.80. The molecular weight excluding hydrogens is 226 g/mol. The fourth-order valence-corrected chi connectivity index (χ4v) is 1.98. The van der Waals surface area contributed by atoms with E-state index in [0.717, 1.165) is 18.6 Å². The fourth-order valence-electron chi connectivity index (χ4n) is 1.98. The highest BCUT2D eigenvalue weighted by Gasteiger charge is 2.04. The molecule has 0 atom stereocenters. The highest BCUT2D eigenvalue weighted by molar-refractivity contribution is 5.68. The van der Waals surface area contributed by atoms with E-state index >= 15 is 0 Å². The summed E-state index contributed by atoms with van der Waals surface area (Å²) in [6.07, 6.45) is 4.20. The van der Waals surface area contributed by atoms with Crippen molar-refractivity contribution in [2.24, 2.45) is 0 Å². The quantitative estimate of drug-likeness (QED) is 0.726. The lowest BCUT2D eigenvalue weighted by atomic mass is 10.1. The summed E-state index contributed by atoms with van der Waals surface area (Å²) < 4.78 is 1.97. The summed E-state index contributed by atoms with van der Waals surface area (Å²) in [6, 6.07) is 10.3. The number of hydrogen-bond donors (Lipinski definition) is 2. The minimum Gasteiger partial charge on any atom is -0.340 e. The number of benzene rings is 1. The summed E-state index contributed by atoms with van der Waals surface area (Å²) in [4.78, 5) is 11.2. The standard InChI is InChI=1S/C13H13N5/c14-12-11-13(16-8-15-11)18(9-17-12)7-6-10-4-2-1-3-5-10/h1-5,8-9,14H,6-7H2,(H,15,16). The molecule has 0 amide bonds. The van der Waals surface area contributed by atoms with Crippen molar-refractivity contribution in [3.63, 3.8) is 0 Å². The van der Waals surface area contributed by atoms with Crippen LogP contribution in [0.3, 0.4) is 0 Å². The van der Waals surface area contributed by atoms with Crippen molar-refractivity contribution in [3.8, 4) is 0 Å². The molecule has 5 nitrogen and oxygen atoms in total. The Kier molecular flexibility index (Phi) is 2.64. The van der Waals surface area contributed by atoms with Crippen molar-refractivity contribution >= 4 is 11.2 Å². The van der Waals surface area contributed by atoms with E-state index in [4.69, 9.17) is 5.41 Å². The predicted octanol–water partition coefficient (Wildman–Crippen LogP) is 1.48. The van der Waals surface area contributed by atoms with Gasteiger partial charge in [0.15, 0.2) is 11.1 Å². The zero-order valence-electron chi connectivity index (χ0n) is 9.80. The Morgan fingerprint density at radius 3 is 2.83 bits per heavy atom. The van der Waals surface area contributed by atoms with Gasteiger partial charge < -0.3 is 9.55 Å². The second-order valence-electron chi connectivity index (χ2n) is 4.12. The van der Waals surface area contributed by atoms with Gasteiger partial charge in [-0.05, 0) is 12.0 Å². The lowest BCUT2D eigenvalue weighted by Gasteiger charge is -2.06. The molecule has 2 N–H and O–H groups in total. The van der Waals surface area contributed by atoms with E-state index in [1.807, 2.05) is 22.8 Å². The zero-order chi connectivity index (χ0) is 12.4. The molecule has 0 aliphatic heterocycles. The van der Waals surface area contributed by atoms with Crippen molar-refractivity contribution in [1.29, 1.82) is 5.41 Å². The number of nitrogens with one attached hydrogen (secondary N) is 2. The average molecular weight is 239 g/mol. The Morgan fingerprint density at radius 2 is 2.00 bits per heavy atom. The van der Waals surface area contributed by atoms with Gasteiger partial charge in [0.1, 0.15) is 5.52 Å². The van der Waals surface area contributed by atoms with Crippen LogP contribution in [0.15, 0.2) is 43.0 Å². The first-order valence-corrected chi connectivity index (χ1v) is 5.81. The molecule has 18 heavy (non-hydrogen) atoms. The van der Waals surface area contributed by atoms with E-state index in [1.54, 1.807) is 12.7 Å². The number of H-pyrrole nitrogens is 1. The van der Waals surface area contributed by atoms with Gasteiger partial charge in [-0.3, -0.25) is 5.41 Å². The van der Waals surface area contributed by atoms with Crippen LogP contribution >= 0.6 is 0 Å². The Hall–Kier alpha value is -2.43. The van der Waals surface area contributed by atoms with E-state index < -0.39 is 0 Å². The van der Waals surface area contributed by atoms with E-state index in [0.29, 0.717) is 5.52 Å². The van der Waals surface area contributed by atoms with Crippen LogP contribution in [0.25, 0.3) is 11.2 Å². The number of nitrogens with zero attached hydrogens (tertiary/aromatic N) is 3. The molecule has 0 aliphatic rings. The highest BCUT2D eigenvalue weighted by Crippen LogP contribution is 2.06. The summed E-state index contributed by atoms with van der Waals surface area (Å²) in [7, 11) is 0. The van der Waals surface area contributed by atoms with Crippen molar-refractivity contribution < 1.29 is 0 Å². The second-order valence-corrected chi connectivity index (χ2v) is 4.12. The summed E-state index contributed by atoms with van der Waals surface area (Å²) in [5.41, 5.74) is 2.98. The summed E-state index contributed by atoms with van der Waals surface area (Å²) >= 11 is 0. The third kappa shape index (κ3) is 1.90. The number of aryl methyl sites for hydroxylation is 2. The number of hydrogen-bond acceptors (Lipinski definition) is 3. The molecule has 3 aromatic rings. The number of aromatic amines is 1. The average Bonchev–Trinajstić information content (AvgIpc) is 2.90. The number of rotatable bonds is 3. The molecule has 2 aromatic heterocycles. The lowest BCUT2D eigenvalue weighted by molar-refractivity contribution is 0.692. The lowest BCUT2D eigenvalue weighted by Crippen LogP contribution is -2.13. The van der Waals surface area contributed by atoms with Crippen LogP contribution in [0.5, 0.6) is 0 Å². The largest absolute Gasteiger partial charge is 0.340 e. The van der Waals surface area contributed by atoms with Crippen LogP contribution in [0.2, 0.25) is 0 Å². The first kappa shape index (κ1) is 10.7. The van der Waals surface area contributed by atoms with E-state index in [9.17, 15) is 0 Å². The fraction of sp³-hybridized carbons (Fsp3) is 0.154. The van der Waals surface area contributed by atoms with Gasteiger partial charge >= 0.3 is 0 Å². The molecule has 0 unspecified atom stereocenters. The van der Waals surface area contributed by atoms with E-state index in [-0.39, 0.29) is 5.49 Å². The molecule has 0 radical (unpaired) electrons. The maximum atomic E-state index is 7.68. The molecule has 0 bridgehead atoms. The Balaban J connectivity index is 1.90. The molecule has 2 heterocycles. The Labute approximate surface area is 104 Å². The molecule has 0 saturated heterocycles. The Morgan fingerprint density at radius 1 is 1.17 bits per heavy atom. The molecule has 0 saturated carbocycles. The number of aromatic nitrogens is 4. The normalized spacial score (nSPS) is 10.9. The maximum Gasteiger partial charge on any atom is 0.173 e. The predicted molar refractivity (Wildman–Crippen MR) is 67.9 cm³/mol. The molecule has 5 heteroatoms. The minimum absolute atomic E-state index is 0.235. The van der Waals surface area contributed by atoms with Crippen LogP contribution in [0.4, 0.5) is 0 Å². The third-order valence-corrected chi connectivity index (χ3v) is 2.94. The van der Waals surface area contributed by atoms with Gasteiger partial charge in [0.25, 0.3) is 0 Å². The third-order valence-electron chi connectivity index (χ3n) is 2.94. The van der Waals surface area contributed by atoms with Crippen molar-refractivity contribution in [2.75, 3.05) is 0 Å². The molecule has 90 valence electrons. The molecule has 1 aromatic carbocycles. The van der Waals surface area contributed by atoms with Gasteiger partial charge in [-0.25, -0.2) is 9.97 Å². The van der Waals surface area contributed by atoms with Crippen molar-refractivity contribution in [2.45, 2.75) is 13.0 Å². The van der Waals surface area contributed by atoms with Crippen LogP contribution in [0.1, 0.15) is 5.56 Å². The summed E-state index contributed by atoms with van der Waals surface area (Å²) in [5.74, 6) is 0. The SMILES string of the molecule is N=c1ncn(CCc2ccccc2)c2nc[nH]c12. The molecule has 0 aliphatic carbocycles. The number of fused-ring (bicyclic) bond motifs is 1. The van der Waals surface area contributed by atoms with Crippen LogP contribution in [0, 0.1) is 5.41 Å². The van der Waals surface area contributed by atoms with E-state index in [1.165, 1.54) is 5.56 Å². The molecular formula is C13H13N5. The smallest absolute Gasteiger partial charge is 0.173 e. The van der Waals surface area contributed by atoms with Gasteiger partial charge in [0.05, 0.1) is 12.7 Å². The van der Waals surface area contributed by atoms with E-state index in [2.05, 4.69) is 27.1 Å². The molecule has 0 spiro atoms. The second kappa shape index (κ2) is 4.44. The highest BCUT2D eigenvalue weighted by atomic mass is 15.1. The number of imidazole rings is 1. The topological polar surface area (TPSA) is 70.3 Å². The molecule has 3 rings (SSSR count). The van der Waals surface area contributed by atoms with Gasteiger partial charge in [-0.15, -0.1) is 0 Å². The summed E-state index contributed by atoms with van der Waals surface area (Å²) in [6.45, 7) is 0.804. The monoisotopic (exact) mass is 239 g/mol. The van der Waals surface area contributed by atoms with Gasteiger partial charge in [0.2, 0.25) is 0 Å². The minimum atomic E-state index is 0.235. The van der Waals surface area contributed by atoms with Gasteiger partial charge in [-0.2, -0.15) is 0 Å². The first-order valence-electron chi connectivity index (χ1n) is 5.81. The maximum absolute atomic E-state index is 7.68. The van der Waals surface area contributed by atoms with Crippen molar-refractivity contribution in [3.05, 3.63) is 54.0 Å². The van der Waals surface area contributed by atoms with Crippen LogP contribution < -0.4 is 5.49 Å². The Bertz CT molecular complexity index is 711. The van der Waals surface area contributed by atoms with Crippen LogP contribution in [-0.4, -0.2) is 19.5 Å². The van der Waals surface area contributed by atoms with Crippen LogP contribution in [-0.2, 0) is 13.0 Å².